The number of nitrogens with one attached hydrogen (secondary N) is 1. The fourth-order valence-electron chi connectivity index (χ4n) is 6.38. The Kier molecular flexibility index (Phi) is 38.9. The Morgan fingerprint density at radius 3 is 1.23 bits per heavy atom. The van der Waals surface area contributed by atoms with Crippen molar-refractivity contribution in [2.24, 2.45) is 0 Å². The van der Waals surface area contributed by atoms with E-state index in [4.69, 9.17) is 18.5 Å². The lowest BCUT2D eigenvalue weighted by atomic mass is 10.0. The summed E-state index contributed by atoms with van der Waals surface area (Å²) in [5, 5.41) is 2.83. The Labute approximate surface area is 320 Å². The molecule has 0 aromatic carbocycles. The van der Waals surface area contributed by atoms with Crippen molar-refractivity contribution in [3.63, 3.8) is 0 Å². The summed E-state index contributed by atoms with van der Waals surface area (Å²) < 4.78 is 33.2. The van der Waals surface area contributed by atoms with Crippen molar-refractivity contribution in [1.29, 1.82) is 0 Å². The Bertz CT molecular complexity index is 830. The predicted molar refractivity (Wildman–Crippen MR) is 216 cm³/mol. The zero-order valence-corrected chi connectivity index (χ0v) is 35.2. The van der Waals surface area contributed by atoms with E-state index in [1.54, 1.807) is 7.05 Å². The molecule has 0 radical (unpaired) electrons. The van der Waals surface area contributed by atoms with Gasteiger partial charge in [0.05, 0.1) is 13.2 Å². The molecular weight excluding hydrogens is 677 g/mol. The van der Waals surface area contributed by atoms with Gasteiger partial charge in [0.25, 0.3) is 0 Å². The van der Waals surface area contributed by atoms with Gasteiger partial charge in [0.15, 0.2) is 6.10 Å². The van der Waals surface area contributed by atoms with Gasteiger partial charge in [-0.25, -0.2) is 4.57 Å². The molecular formula is C42H84NO8P. The maximum atomic E-state index is 12.6. The lowest BCUT2D eigenvalue weighted by Crippen LogP contribution is -2.29. The molecule has 9 nitrogen and oxygen atoms in total. The molecule has 0 amide bonds. The summed E-state index contributed by atoms with van der Waals surface area (Å²) in [6, 6.07) is 0. The second-order valence-corrected chi connectivity index (χ2v) is 16.3. The Balaban J connectivity index is 4.15. The van der Waals surface area contributed by atoms with Crippen LogP contribution in [0.25, 0.3) is 0 Å². The third-order valence-electron chi connectivity index (χ3n) is 9.73. The van der Waals surface area contributed by atoms with Crippen molar-refractivity contribution < 1.29 is 37.6 Å². The summed E-state index contributed by atoms with van der Waals surface area (Å²) in [6.45, 7) is 4.26. The molecule has 0 aliphatic carbocycles. The molecule has 310 valence electrons. The standard InChI is InChI=1S/C42H84NO8P/c1-4-6-8-10-12-14-16-18-19-20-21-23-24-26-28-30-32-34-41(44)48-38-40(39-50-52(46,47)49-37-36-43-3)51-42(45)35-33-31-29-27-25-22-17-15-13-11-9-7-5-2/h40,43H,4-39H2,1-3H3,(H,46,47). The van der Waals surface area contributed by atoms with Crippen molar-refractivity contribution in [2.75, 3.05) is 33.4 Å². The van der Waals surface area contributed by atoms with E-state index in [9.17, 15) is 19.0 Å². The van der Waals surface area contributed by atoms with Gasteiger partial charge in [0, 0.05) is 19.4 Å². The molecule has 2 atom stereocenters. The van der Waals surface area contributed by atoms with Gasteiger partial charge in [-0.2, -0.15) is 0 Å². The maximum absolute atomic E-state index is 12.6. The molecule has 10 heteroatoms. The van der Waals surface area contributed by atoms with Gasteiger partial charge in [-0.3, -0.25) is 18.6 Å². The minimum absolute atomic E-state index is 0.0118. The van der Waals surface area contributed by atoms with E-state index >= 15 is 0 Å². The van der Waals surface area contributed by atoms with Crippen LogP contribution in [0.4, 0.5) is 0 Å². The van der Waals surface area contributed by atoms with Crippen molar-refractivity contribution >= 4 is 19.8 Å². The van der Waals surface area contributed by atoms with Crippen molar-refractivity contribution in [3.8, 4) is 0 Å². The van der Waals surface area contributed by atoms with E-state index in [1.807, 2.05) is 0 Å². The molecule has 0 rings (SSSR count). The average Bonchev–Trinajstić information content (AvgIpc) is 3.12. The molecule has 0 spiro atoms. The van der Waals surface area contributed by atoms with E-state index in [-0.39, 0.29) is 25.6 Å². The number of phosphoric ester groups is 1. The van der Waals surface area contributed by atoms with Crippen LogP contribution in [0.2, 0.25) is 0 Å². The average molecular weight is 762 g/mol. The molecule has 0 heterocycles. The van der Waals surface area contributed by atoms with Crippen LogP contribution < -0.4 is 5.32 Å². The number of carbonyl (C=O) groups is 2. The summed E-state index contributed by atoms with van der Waals surface area (Å²) in [7, 11) is -2.64. The summed E-state index contributed by atoms with van der Waals surface area (Å²) in [5.74, 6) is -0.791. The fourth-order valence-corrected chi connectivity index (χ4v) is 7.13. The van der Waals surface area contributed by atoms with Crippen molar-refractivity contribution in [3.05, 3.63) is 0 Å². The van der Waals surface area contributed by atoms with Gasteiger partial charge in [-0.05, 0) is 19.9 Å². The smallest absolute Gasteiger partial charge is 0.462 e. The summed E-state index contributed by atoms with van der Waals surface area (Å²) in [5.41, 5.74) is 0. The number of hydrogen-bond acceptors (Lipinski definition) is 8. The van der Waals surface area contributed by atoms with Crippen LogP contribution in [-0.2, 0) is 32.7 Å². The lowest BCUT2D eigenvalue weighted by molar-refractivity contribution is -0.161. The predicted octanol–water partition coefficient (Wildman–Crippen LogP) is 12.3. The quantitative estimate of drug-likeness (QED) is 0.0356. The first-order chi connectivity index (χ1) is 25.3. The Morgan fingerprint density at radius 2 is 0.865 bits per heavy atom. The highest BCUT2D eigenvalue weighted by atomic mass is 31.2. The number of phosphoric acid groups is 1. The minimum Gasteiger partial charge on any atom is -0.462 e. The minimum atomic E-state index is -4.34. The van der Waals surface area contributed by atoms with Gasteiger partial charge in [-0.1, -0.05) is 194 Å². The second-order valence-electron chi connectivity index (χ2n) is 14.9. The third kappa shape index (κ3) is 38.7. The topological polar surface area (TPSA) is 120 Å². The van der Waals surface area contributed by atoms with E-state index in [0.717, 1.165) is 32.1 Å². The molecule has 0 bridgehead atoms. The van der Waals surface area contributed by atoms with Crippen LogP contribution in [0.15, 0.2) is 0 Å². The summed E-state index contributed by atoms with van der Waals surface area (Å²) >= 11 is 0. The first-order valence-electron chi connectivity index (χ1n) is 22.0. The van der Waals surface area contributed by atoms with E-state index < -0.39 is 26.5 Å². The van der Waals surface area contributed by atoms with Crippen LogP contribution in [0, 0.1) is 0 Å². The number of unbranched alkanes of at least 4 members (excludes halogenated alkanes) is 28. The molecule has 0 aliphatic rings. The first kappa shape index (κ1) is 51.0. The van der Waals surface area contributed by atoms with Crippen LogP contribution >= 0.6 is 7.82 Å². The Hall–Kier alpha value is -0.990. The summed E-state index contributed by atoms with van der Waals surface area (Å²) in [6.07, 6.45) is 37.1. The lowest BCUT2D eigenvalue weighted by Gasteiger charge is -2.20. The van der Waals surface area contributed by atoms with Crippen LogP contribution in [0.5, 0.6) is 0 Å². The molecule has 0 fully saturated rings. The second kappa shape index (κ2) is 39.7. The molecule has 0 saturated carbocycles. The zero-order chi connectivity index (χ0) is 38.2. The number of rotatable bonds is 42. The molecule has 0 aliphatic heterocycles. The van der Waals surface area contributed by atoms with Gasteiger partial charge >= 0.3 is 19.8 Å². The van der Waals surface area contributed by atoms with Gasteiger partial charge in [-0.15, -0.1) is 0 Å². The molecule has 0 aromatic heterocycles. The highest BCUT2D eigenvalue weighted by Gasteiger charge is 2.26. The third-order valence-corrected chi connectivity index (χ3v) is 10.7. The number of ether oxygens (including phenoxy) is 2. The van der Waals surface area contributed by atoms with Crippen molar-refractivity contribution in [1.82, 2.24) is 5.32 Å². The van der Waals surface area contributed by atoms with Crippen LogP contribution in [-0.4, -0.2) is 56.3 Å². The maximum Gasteiger partial charge on any atom is 0.472 e. The van der Waals surface area contributed by atoms with Crippen molar-refractivity contribution in [2.45, 2.75) is 225 Å². The molecule has 52 heavy (non-hydrogen) atoms. The van der Waals surface area contributed by atoms with Gasteiger partial charge in [0.1, 0.15) is 6.61 Å². The van der Waals surface area contributed by atoms with Crippen LogP contribution in [0.3, 0.4) is 0 Å². The molecule has 0 aromatic rings. The van der Waals surface area contributed by atoms with Gasteiger partial charge < -0.3 is 19.7 Å². The van der Waals surface area contributed by atoms with Crippen LogP contribution in [0.1, 0.15) is 219 Å². The molecule has 2 unspecified atom stereocenters. The highest BCUT2D eigenvalue weighted by molar-refractivity contribution is 7.47. The number of likely N-dealkylation sites (N-methyl/N-ethyl adjacent to an activating group) is 1. The SMILES string of the molecule is CCCCCCCCCCCCCCCCCCCC(=O)OCC(COP(=O)(O)OCCNC)OC(=O)CCCCCCCCCCCCCCC. The van der Waals surface area contributed by atoms with E-state index in [0.29, 0.717) is 19.4 Å². The largest absolute Gasteiger partial charge is 0.472 e. The number of carbonyl (C=O) groups excluding carboxylic acids is 2. The van der Waals surface area contributed by atoms with Gasteiger partial charge in [0.2, 0.25) is 0 Å². The summed E-state index contributed by atoms with van der Waals surface area (Å²) in [4.78, 5) is 35.0. The number of hydrogen-bond donors (Lipinski definition) is 2. The molecule has 0 saturated heterocycles. The number of esters is 2. The monoisotopic (exact) mass is 762 g/mol. The Morgan fingerprint density at radius 1 is 0.519 bits per heavy atom. The fraction of sp³-hybridized carbons (Fsp3) is 0.952. The van der Waals surface area contributed by atoms with E-state index in [2.05, 4.69) is 19.2 Å². The normalized spacial score (nSPS) is 13.2. The zero-order valence-electron chi connectivity index (χ0n) is 34.3. The highest BCUT2D eigenvalue weighted by Crippen LogP contribution is 2.43. The van der Waals surface area contributed by atoms with E-state index in [1.165, 1.54) is 154 Å². The molecule has 2 N–H and O–H groups in total. The first-order valence-corrected chi connectivity index (χ1v) is 23.5.